The van der Waals surface area contributed by atoms with Crippen molar-refractivity contribution in [1.82, 2.24) is 4.98 Å². The predicted octanol–water partition coefficient (Wildman–Crippen LogP) is 2.73. The molecule has 1 unspecified atom stereocenters. The Morgan fingerprint density at radius 3 is 2.80 bits per heavy atom. The van der Waals surface area contributed by atoms with E-state index in [4.69, 9.17) is 16.1 Å². The molecular weight excluding hydrogens is 248 g/mol. The molecule has 1 aliphatic rings. The summed E-state index contributed by atoms with van der Waals surface area (Å²) in [7, 11) is 2.05. The zero-order chi connectivity index (χ0) is 14.7. The largest absolute Gasteiger partial charge is 0.384 e. The number of nitrogens with two attached hydrogens (primary N) is 1. The van der Waals surface area contributed by atoms with E-state index < -0.39 is 0 Å². The number of aryl methyl sites for hydroxylation is 2. The van der Waals surface area contributed by atoms with Crippen molar-refractivity contribution in [2.24, 2.45) is 11.7 Å². The lowest BCUT2D eigenvalue weighted by molar-refractivity contribution is 0.556. The summed E-state index contributed by atoms with van der Waals surface area (Å²) < 4.78 is 0. The van der Waals surface area contributed by atoms with Gasteiger partial charge in [0.25, 0.3) is 0 Å². The third-order valence-corrected chi connectivity index (χ3v) is 4.21. The van der Waals surface area contributed by atoms with E-state index in [1.807, 2.05) is 0 Å². The van der Waals surface area contributed by atoms with Crippen molar-refractivity contribution in [2.75, 3.05) is 18.5 Å². The summed E-state index contributed by atoms with van der Waals surface area (Å²) in [6, 6.07) is 2.09. The number of anilines is 1. The number of aromatic nitrogens is 1. The number of pyridine rings is 1. The Morgan fingerprint density at radius 2 is 2.15 bits per heavy atom. The van der Waals surface area contributed by atoms with Gasteiger partial charge in [0.05, 0.1) is 5.56 Å². The predicted molar refractivity (Wildman–Crippen MR) is 84.6 cm³/mol. The van der Waals surface area contributed by atoms with Crippen molar-refractivity contribution in [2.45, 2.75) is 46.0 Å². The van der Waals surface area contributed by atoms with Gasteiger partial charge in [0.15, 0.2) is 0 Å². The molecule has 1 aromatic rings. The van der Waals surface area contributed by atoms with Crippen LogP contribution in [0.3, 0.4) is 0 Å². The van der Waals surface area contributed by atoms with Gasteiger partial charge in [-0.1, -0.05) is 20.3 Å². The molecule has 4 heteroatoms. The first-order chi connectivity index (χ1) is 9.52. The Labute approximate surface area is 121 Å². The molecule has 0 aliphatic heterocycles. The molecule has 1 aromatic heterocycles. The van der Waals surface area contributed by atoms with Crippen LogP contribution in [0.15, 0.2) is 6.07 Å². The lowest BCUT2D eigenvalue weighted by Crippen LogP contribution is -2.29. The lowest BCUT2D eigenvalue weighted by Gasteiger charge is -2.26. The standard InChI is InChI=1S/C16H26N4/c1-4-11(2)10-20(3)16-13(15(17)18)9-12-7-5-6-8-14(12)19-16/h9,11H,4-8,10H2,1-3H3,(H3,17,18). The molecule has 110 valence electrons. The second-order valence-electron chi connectivity index (χ2n) is 5.98. The Hall–Kier alpha value is -1.58. The van der Waals surface area contributed by atoms with Crippen molar-refractivity contribution in [1.29, 1.82) is 5.41 Å². The molecule has 0 amide bonds. The second-order valence-corrected chi connectivity index (χ2v) is 5.98. The van der Waals surface area contributed by atoms with Crippen LogP contribution in [0.5, 0.6) is 0 Å². The van der Waals surface area contributed by atoms with Crippen LogP contribution in [-0.2, 0) is 12.8 Å². The molecule has 0 saturated heterocycles. The summed E-state index contributed by atoms with van der Waals surface area (Å²) in [5.74, 6) is 1.60. The van der Waals surface area contributed by atoms with E-state index in [9.17, 15) is 0 Å². The number of rotatable bonds is 5. The number of hydrogen-bond donors (Lipinski definition) is 2. The van der Waals surface area contributed by atoms with E-state index in [0.717, 1.165) is 37.2 Å². The molecule has 0 radical (unpaired) electrons. The molecule has 3 N–H and O–H groups in total. The fraction of sp³-hybridized carbons (Fsp3) is 0.625. The summed E-state index contributed by atoms with van der Waals surface area (Å²) in [6.07, 6.45) is 5.70. The van der Waals surface area contributed by atoms with Crippen LogP contribution in [0.25, 0.3) is 0 Å². The van der Waals surface area contributed by atoms with Gasteiger partial charge in [0.2, 0.25) is 0 Å². The molecule has 0 fully saturated rings. The van der Waals surface area contributed by atoms with E-state index >= 15 is 0 Å². The summed E-state index contributed by atoms with van der Waals surface area (Å²) in [6.45, 7) is 5.38. The average Bonchev–Trinajstić information content (AvgIpc) is 2.45. The summed E-state index contributed by atoms with van der Waals surface area (Å²) >= 11 is 0. The SMILES string of the molecule is CCC(C)CN(C)c1nc2c(cc1C(=N)N)CCCC2. The van der Waals surface area contributed by atoms with Crippen molar-refractivity contribution in [3.63, 3.8) is 0 Å². The number of nitrogens with one attached hydrogen (secondary N) is 1. The fourth-order valence-corrected chi connectivity index (χ4v) is 2.80. The highest BCUT2D eigenvalue weighted by atomic mass is 15.2. The molecule has 0 saturated carbocycles. The molecule has 20 heavy (non-hydrogen) atoms. The van der Waals surface area contributed by atoms with Crippen LogP contribution in [0.2, 0.25) is 0 Å². The Kier molecular flexibility index (Phi) is 4.63. The minimum Gasteiger partial charge on any atom is -0.384 e. The molecule has 1 aliphatic carbocycles. The minimum absolute atomic E-state index is 0.122. The fourth-order valence-electron chi connectivity index (χ4n) is 2.80. The topological polar surface area (TPSA) is 66.0 Å². The lowest BCUT2D eigenvalue weighted by atomic mass is 9.94. The number of nitrogens with zero attached hydrogens (tertiary/aromatic N) is 2. The van der Waals surface area contributed by atoms with Crippen molar-refractivity contribution < 1.29 is 0 Å². The van der Waals surface area contributed by atoms with Crippen LogP contribution < -0.4 is 10.6 Å². The van der Waals surface area contributed by atoms with Gasteiger partial charge in [-0.3, -0.25) is 5.41 Å². The Bertz CT molecular complexity index is 495. The normalized spacial score (nSPS) is 15.6. The van der Waals surface area contributed by atoms with Gasteiger partial charge in [-0.05, 0) is 43.2 Å². The smallest absolute Gasteiger partial charge is 0.139 e. The zero-order valence-corrected chi connectivity index (χ0v) is 12.9. The van der Waals surface area contributed by atoms with Gasteiger partial charge in [-0.2, -0.15) is 0 Å². The molecule has 0 aromatic carbocycles. The van der Waals surface area contributed by atoms with Crippen LogP contribution in [0.1, 0.15) is 49.9 Å². The minimum atomic E-state index is 0.122. The zero-order valence-electron chi connectivity index (χ0n) is 12.9. The summed E-state index contributed by atoms with van der Waals surface area (Å²) in [5.41, 5.74) is 9.03. The van der Waals surface area contributed by atoms with Gasteiger partial charge >= 0.3 is 0 Å². The van der Waals surface area contributed by atoms with Crippen LogP contribution >= 0.6 is 0 Å². The average molecular weight is 274 g/mol. The van der Waals surface area contributed by atoms with Crippen LogP contribution in [0, 0.1) is 11.3 Å². The maximum atomic E-state index is 7.83. The highest BCUT2D eigenvalue weighted by Gasteiger charge is 2.19. The van der Waals surface area contributed by atoms with Gasteiger partial charge < -0.3 is 10.6 Å². The van der Waals surface area contributed by atoms with Gasteiger partial charge in [0.1, 0.15) is 11.7 Å². The van der Waals surface area contributed by atoms with E-state index in [0.29, 0.717) is 5.92 Å². The molecule has 4 nitrogen and oxygen atoms in total. The van der Waals surface area contributed by atoms with E-state index in [1.54, 1.807) is 0 Å². The summed E-state index contributed by atoms with van der Waals surface area (Å²) in [4.78, 5) is 6.98. The highest BCUT2D eigenvalue weighted by molar-refractivity contribution is 5.99. The van der Waals surface area contributed by atoms with Gasteiger partial charge in [0, 0.05) is 19.3 Å². The van der Waals surface area contributed by atoms with Crippen LogP contribution in [-0.4, -0.2) is 24.4 Å². The van der Waals surface area contributed by atoms with Crippen molar-refractivity contribution >= 4 is 11.7 Å². The van der Waals surface area contributed by atoms with E-state index in [2.05, 4.69) is 31.9 Å². The van der Waals surface area contributed by atoms with E-state index in [1.165, 1.54) is 24.1 Å². The molecule has 1 heterocycles. The Morgan fingerprint density at radius 1 is 1.45 bits per heavy atom. The van der Waals surface area contributed by atoms with Crippen molar-refractivity contribution in [3.8, 4) is 0 Å². The third kappa shape index (κ3) is 3.11. The quantitative estimate of drug-likeness (QED) is 0.641. The molecule has 0 bridgehead atoms. The van der Waals surface area contributed by atoms with E-state index in [-0.39, 0.29) is 5.84 Å². The number of nitrogen functional groups attached to an aromatic ring is 1. The molecule has 2 rings (SSSR count). The van der Waals surface area contributed by atoms with Gasteiger partial charge in [-0.25, -0.2) is 4.98 Å². The van der Waals surface area contributed by atoms with Crippen LogP contribution in [0.4, 0.5) is 5.82 Å². The number of fused-ring (bicyclic) bond motifs is 1. The molecular formula is C16H26N4. The number of hydrogen-bond acceptors (Lipinski definition) is 3. The summed E-state index contributed by atoms with van der Waals surface area (Å²) in [5, 5.41) is 7.83. The Balaban J connectivity index is 2.36. The third-order valence-electron chi connectivity index (χ3n) is 4.21. The highest BCUT2D eigenvalue weighted by Crippen LogP contribution is 2.26. The number of amidine groups is 1. The maximum absolute atomic E-state index is 7.83. The first-order valence-corrected chi connectivity index (χ1v) is 7.61. The molecule has 1 atom stereocenters. The van der Waals surface area contributed by atoms with Crippen molar-refractivity contribution in [3.05, 3.63) is 22.9 Å². The first-order valence-electron chi connectivity index (χ1n) is 7.61. The first kappa shape index (κ1) is 14.8. The monoisotopic (exact) mass is 274 g/mol. The maximum Gasteiger partial charge on any atom is 0.139 e. The molecule has 0 spiro atoms. The second kappa shape index (κ2) is 6.25. The van der Waals surface area contributed by atoms with Gasteiger partial charge in [-0.15, -0.1) is 0 Å².